The van der Waals surface area contributed by atoms with Gasteiger partial charge in [-0.05, 0) is 29.8 Å². The molecule has 16 heavy (non-hydrogen) atoms. The molecule has 0 atom stereocenters. The van der Waals surface area contributed by atoms with Crippen LogP contribution in [0.1, 0.15) is 0 Å². The van der Waals surface area contributed by atoms with Gasteiger partial charge in [0.2, 0.25) is 0 Å². The molecule has 0 spiro atoms. The van der Waals surface area contributed by atoms with E-state index in [0.717, 1.165) is 11.1 Å². The fourth-order valence-corrected chi connectivity index (χ4v) is 2.20. The van der Waals surface area contributed by atoms with Crippen molar-refractivity contribution in [2.24, 2.45) is 0 Å². The minimum Gasteiger partial charge on any atom is -0.0843 e. The van der Waals surface area contributed by atoms with Crippen LogP contribution in [0.15, 0.2) is 36.4 Å². The van der Waals surface area contributed by atoms with E-state index in [1.807, 2.05) is 12.1 Å². The lowest BCUT2D eigenvalue weighted by Crippen LogP contribution is -1.80. The van der Waals surface area contributed by atoms with E-state index in [0.29, 0.717) is 20.1 Å². The summed E-state index contributed by atoms with van der Waals surface area (Å²) in [4.78, 5) is 0. The summed E-state index contributed by atoms with van der Waals surface area (Å²) in [5.74, 6) is 0. The summed E-state index contributed by atoms with van der Waals surface area (Å²) < 4.78 is 0. The highest BCUT2D eigenvalue weighted by Gasteiger charge is 2.06. The van der Waals surface area contributed by atoms with Crippen molar-refractivity contribution in [2.75, 3.05) is 0 Å². The predicted molar refractivity (Wildman–Crippen MR) is 71.9 cm³/mol. The van der Waals surface area contributed by atoms with Crippen LogP contribution in [0.5, 0.6) is 0 Å². The third kappa shape index (κ3) is 2.46. The summed E-state index contributed by atoms with van der Waals surface area (Å²) in [5, 5.41) is 2.22. The maximum atomic E-state index is 6.10. The number of hydrogen-bond donors (Lipinski definition) is 0. The molecule has 0 aliphatic heterocycles. The molecule has 0 unspecified atom stereocenters. The first kappa shape index (κ1) is 12.1. The third-order valence-electron chi connectivity index (χ3n) is 2.16. The maximum Gasteiger partial charge on any atom is 0.0598 e. The number of rotatable bonds is 1. The molecule has 0 radical (unpaired) electrons. The molecule has 4 heteroatoms. The van der Waals surface area contributed by atoms with Crippen molar-refractivity contribution in [2.45, 2.75) is 0 Å². The Hall–Kier alpha value is -0.400. The third-order valence-corrected chi connectivity index (χ3v) is 3.45. The van der Waals surface area contributed by atoms with Crippen LogP contribution < -0.4 is 0 Å². The fourth-order valence-electron chi connectivity index (χ4n) is 1.39. The van der Waals surface area contributed by atoms with Gasteiger partial charge in [0, 0.05) is 15.6 Å². The lowest BCUT2D eigenvalue weighted by molar-refractivity contribution is 1.61. The lowest BCUT2D eigenvalue weighted by atomic mass is 10.1. The predicted octanol–water partition coefficient (Wildman–Crippen LogP) is 5.97. The Morgan fingerprint density at radius 3 is 2.00 bits per heavy atom. The van der Waals surface area contributed by atoms with Gasteiger partial charge in [-0.3, -0.25) is 0 Å². The monoisotopic (exact) mass is 290 g/mol. The summed E-state index contributed by atoms with van der Waals surface area (Å²) >= 11 is 23.7. The molecule has 0 saturated carbocycles. The molecular weight excluding hydrogens is 286 g/mol. The Morgan fingerprint density at radius 1 is 0.625 bits per heavy atom. The molecule has 0 nitrogen and oxygen atoms in total. The average molecular weight is 292 g/mol. The van der Waals surface area contributed by atoms with Gasteiger partial charge >= 0.3 is 0 Å². The van der Waals surface area contributed by atoms with Crippen molar-refractivity contribution in [1.82, 2.24) is 0 Å². The van der Waals surface area contributed by atoms with Crippen molar-refractivity contribution in [3.8, 4) is 11.1 Å². The molecule has 0 aromatic heterocycles. The minimum absolute atomic E-state index is 0.505. The van der Waals surface area contributed by atoms with E-state index < -0.39 is 0 Å². The highest BCUT2D eigenvalue weighted by molar-refractivity contribution is 6.42. The molecule has 2 aromatic rings. The molecule has 0 amide bonds. The van der Waals surface area contributed by atoms with Crippen LogP contribution in [0.4, 0.5) is 0 Å². The molecule has 82 valence electrons. The SMILES string of the molecule is Clc1ccc(-c2ccc(Cl)c(Cl)c2)c(Cl)c1. The number of halogens is 4. The summed E-state index contributed by atoms with van der Waals surface area (Å²) in [5.41, 5.74) is 1.79. The Balaban J connectivity index is 2.54. The largest absolute Gasteiger partial charge is 0.0843 e. The molecule has 0 aliphatic carbocycles. The van der Waals surface area contributed by atoms with Crippen molar-refractivity contribution in [3.63, 3.8) is 0 Å². The zero-order valence-electron chi connectivity index (χ0n) is 7.98. The molecule has 2 rings (SSSR count). The van der Waals surface area contributed by atoms with Crippen LogP contribution in [0.2, 0.25) is 20.1 Å². The van der Waals surface area contributed by atoms with Crippen LogP contribution >= 0.6 is 46.4 Å². The topological polar surface area (TPSA) is 0 Å². The van der Waals surface area contributed by atoms with E-state index in [1.54, 1.807) is 24.3 Å². The Kier molecular flexibility index (Phi) is 3.66. The van der Waals surface area contributed by atoms with Gasteiger partial charge in [0.25, 0.3) is 0 Å². The highest BCUT2D eigenvalue weighted by atomic mass is 35.5. The summed E-state index contributed by atoms with van der Waals surface area (Å²) in [7, 11) is 0. The Labute approximate surface area is 114 Å². The normalized spacial score (nSPS) is 10.5. The van der Waals surface area contributed by atoms with E-state index in [1.165, 1.54) is 0 Å². The van der Waals surface area contributed by atoms with Crippen LogP contribution in [0.3, 0.4) is 0 Å². The zero-order valence-corrected chi connectivity index (χ0v) is 11.0. The van der Waals surface area contributed by atoms with Gasteiger partial charge in [0.15, 0.2) is 0 Å². The molecule has 0 fully saturated rings. The summed E-state index contributed by atoms with van der Waals surface area (Å²) in [6, 6.07) is 10.7. The summed E-state index contributed by atoms with van der Waals surface area (Å²) in [6.45, 7) is 0. The number of hydrogen-bond acceptors (Lipinski definition) is 0. The minimum atomic E-state index is 0.505. The van der Waals surface area contributed by atoms with Gasteiger partial charge in [-0.1, -0.05) is 58.5 Å². The quantitative estimate of drug-likeness (QED) is 0.607. The van der Waals surface area contributed by atoms with Gasteiger partial charge in [0.1, 0.15) is 0 Å². The molecule has 0 N–H and O–H groups in total. The molecule has 0 aliphatic rings. The second-order valence-corrected chi connectivity index (χ2v) is 4.91. The average Bonchev–Trinajstić information content (AvgIpc) is 2.22. The smallest absolute Gasteiger partial charge is 0.0598 e. The molecule has 2 aromatic carbocycles. The molecule has 0 heterocycles. The second-order valence-electron chi connectivity index (χ2n) is 3.25. The van der Waals surface area contributed by atoms with Crippen LogP contribution in [-0.2, 0) is 0 Å². The van der Waals surface area contributed by atoms with E-state index in [4.69, 9.17) is 46.4 Å². The van der Waals surface area contributed by atoms with E-state index >= 15 is 0 Å². The molecule has 0 bridgehead atoms. The highest BCUT2D eigenvalue weighted by Crippen LogP contribution is 2.33. The van der Waals surface area contributed by atoms with Gasteiger partial charge in [0.05, 0.1) is 10.0 Å². The van der Waals surface area contributed by atoms with Gasteiger partial charge in [-0.15, -0.1) is 0 Å². The van der Waals surface area contributed by atoms with Gasteiger partial charge < -0.3 is 0 Å². The van der Waals surface area contributed by atoms with Crippen LogP contribution in [0.25, 0.3) is 11.1 Å². The Bertz CT molecular complexity index is 535. The van der Waals surface area contributed by atoms with E-state index in [-0.39, 0.29) is 0 Å². The Morgan fingerprint density at radius 2 is 1.38 bits per heavy atom. The van der Waals surface area contributed by atoms with Crippen molar-refractivity contribution in [1.29, 1.82) is 0 Å². The van der Waals surface area contributed by atoms with Crippen LogP contribution in [-0.4, -0.2) is 0 Å². The van der Waals surface area contributed by atoms with Gasteiger partial charge in [-0.25, -0.2) is 0 Å². The first-order valence-electron chi connectivity index (χ1n) is 4.48. The standard InChI is InChI=1S/C12H6Cl4/c13-8-2-3-9(11(15)6-8)7-1-4-10(14)12(16)5-7/h1-6H. The first-order chi connectivity index (χ1) is 7.58. The van der Waals surface area contributed by atoms with E-state index in [2.05, 4.69) is 0 Å². The summed E-state index contributed by atoms with van der Waals surface area (Å²) in [6.07, 6.45) is 0. The van der Waals surface area contributed by atoms with Crippen molar-refractivity contribution in [3.05, 3.63) is 56.5 Å². The fraction of sp³-hybridized carbons (Fsp3) is 0. The zero-order chi connectivity index (χ0) is 11.7. The van der Waals surface area contributed by atoms with Crippen molar-refractivity contribution < 1.29 is 0 Å². The second kappa shape index (κ2) is 4.85. The van der Waals surface area contributed by atoms with Crippen LogP contribution in [0, 0.1) is 0 Å². The number of benzene rings is 2. The maximum absolute atomic E-state index is 6.10. The lowest BCUT2D eigenvalue weighted by Gasteiger charge is -2.06. The van der Waals surface area contributed by atoms with E-state index in [9.17, 15) is 0 Å². The van der Waals surface area contributed by atoms with Crippen molar-refractivity contribution >= 4 is 46.4 Å². The van der Waals surface area contributed by atoms with Gasteiger partial charge in [-0.2, -0.15) is 0 Å². The first-order valence-corrected chi connectivity index (χ1v) is 5.99. The molecule has 0 saturated heterocycles. The molecular formula is C12H6Cl4.